The molecule has 1 aliphatic rings. The fraction of sp³-hybridized carbons (Fsp3) is 0.500. The summed E-state index contributed by atoms with van der Waals surface area (Å²) in [5, 5.41) is 3.30. The first-order valence-corrected chi connectivity index (χ1v) is 5.74. The summed E-state index contributed by atoms with van der Waals surface area (Å²) in [6.45, 7) is 4.34. The summed E-state index contributed by atoms with van der Waals surface area (Å²) in [5.74, 6) is 0.441. The van der Waals surface area contributed by atoms with Crippen LogP contribution in [-0.2, 0) is 0 Å². The van der Waals surface area contributed by atoms with Gasteiger partial charge in [0.15, 0.2) is 0 Å². The van der Waals surface area contributed by atoms with Crippen LogP contribution in [0.25, 0.3) is 0 Å². The van der Waals surface area contributed by atoms with Crippen molar-refractivity contribution in [2.45, 2.75) is 13.0 Å². The number of nitrogens with one attached hydrogen (secondary N) is 1. The minimum Gasteiger partial charge on any atom is -0.481 e. The summed E-state index contributed by atoms with van der Waals surface area (Å²) in [6, 6.07) is 5.57. The fourth-order valence-corrected chi connectivity index (χ4v) is 1.93. The lowest BCUT2D eigenvalue weighted by Crippen LogP contribution is -2.51. The van der Waals surface area contributed by atoms with Gasteiger partial charge in [-0.25, -0.2) is 4.98 Å². The molecule has 1 saturated heterocycles. The number of ether oxygens (including phenoxy) is 1. The number of amides is 1. The number of hydrogen-bond acceptors (Lipinski definition) is 4. The molecule has 1 atom stereocenters. The van der Waals surface area contributed by atoms with Crippen LogP contribution in [0.1, 0.15) is 17.4 Å². The molecule has 1 aromatic heterocycles. The number of aromatic nitrogens is 1. The van der Waals surface area contributed by atoms with Gasteiger partial charge in [-0.15, -0.1) is 0 Å². The van der Waals surface area contributed by atoms with Gasteiger partial charge in [0.2, 0.25) is 5.88 Å². The summed E-state index contributed by atoms with van der Waals surface area (Å²) in [4.78, 5) is 18.2. The van der Waals surface area contributed by atoms with Crippen LogP contribution < -0.4 is 10.1 Å². The van der Waals surface area contributed by atoms with Crippen molar-refractivity contribution in [3.63, 3.8) is 0 Å². The van der Waals surface area contributed by atoms with E-state index in [4.69, 9.17) is 4.74 Å². The number of piperazine rings is 1. The van der Waals surface area contributed by atoms with Gasteiger partial charge in [-0.2, -0.15) is 0 Å². The second-order valence-electron chi connectivity index (χ2n) is 4.17. The molecule has 0 aliphatic carbocycles. The Morgan fingerprint density at radius 2 is 2.41 bits per heavy atom. The van der Waals surface area contributed by atoms with Crippen molar-refractivity contribution in [2.75, 3.05) is 26.7 Å². The monoisotopic (exact) mass is 235 g/mol. The van der Waals surface area contributed by atoms with E-state index in [0.717, 1.165) is 19.6 Å². The van der Waals surface area contributed by atoms with Crippen LogP contribution in [-0.4, -0.2) is 48.6 Å². The van der Waals surface area contributed by atoms with E-state index in [-0.39, 0.29) is 5.91 Å². The normalized spacial score (nSPS) is 20.1. The van der Waals surface area contributed by atoms with Crippen molar-refractivity contribution in [3.8, 4) is 5.88 Å². The zero-order valence-electron chi connectivity index (χ0n) is 10.1. The zero-order valence-corrected chi connectivity index (χ0v) is 10.1. The standard InChI is InChI=1S/C12H17N3O2/c1-9-8-15(7-6-13-9)12(16)10-4-3-5-11(14-10)17-2/h3-5,9,13H,6-8H2,1-2H3/t9-/m0/s1. The molecule has 0 radical (unpaired) electrons. The molecule has 17 heavy (non-hydrogen) atoms. The van der Waals surface area contributed by atoms with Gasteiger partial charge in [0.1, 0.15) is 5.69 Å². The Bertz CT molecular complexity index is 408. The molecule has 1 amide bonds. The molecule has 0 unspecified atom stereocenters. The smallest absolute Gasteiger partial charge is 0.272 e. The highest BCUT2D eigenvalue weighted by Crippen LogP contribution is 2.10. The topological polar surface area (TPSA) is 54.5 Å². The average Bonchev–Trinajstić information content (AvgIpc) is 2.38. The van der Waals surface area contributed by atoms with E-state index in [0.29, 0.717) is 17.6 Å². The van der Waals surface area contributed by atoms with E-state index in [9.17, 15) is 4.79 Å². The number of hydrogen-bond donors (Lipinski definition) is 1. The van der Waals surface area contributed by atoms with Crippen LogP contribution in [0, 0.1) is 0 Å². The molecule has 5 nitrogen and oxygen atoms in total. The summed E-state index contributed by atoms with van der Waals surface area (Å²) in [5.41, 5.74) is 0.443. The first kappa shape index (κ1) is 11.9. The predicted octanol–water partition coefficient (Wildman–Crippen LogP) is 0.524. The third-order valence-corrected chi connectivity index (χ3v) is 2.81. The van der Waals surface area contributed by atoms with Gasteiger partial charge in [-0.05, 0) is 13.0 Å². The Labute approximate surface area is 101 Å². The molecule has 2 rings (SSSR count). The lowest BCUT2D eigenvalue weighted by Gasteiger charge is -2.31. The van der Waals surface area contributed by atoms with Gasteiger partial charge in [0.25, 0.3) is 5.91 Å². The van der Waals surface area contributed by atoms with Crippen LogP contribution >= 0.6 is 0 Å². The number of rotatable bonds is 2. The SMILES string of the molecule is COc1cccc(C(=O)N2CCN[C@@H](C)C2)n1. The Kier molecular flexibility index (Phi) is 3.58. The van der Waals surface area contributed by atoms with E-state index in [1.54, 1.807) is 25.3 Å². The molecule has 92 valence electrons. The number of pyridine rings is 1. The van der Waals surface area contributed by atoms with Crippen molar-refractivity contribution in [3.05, 3.63) is 23.9 Å². The maximum Gasteiger partial charge on any atom is 0.272 e. The molecule has 0 saturated carbocycles. The quantitative estimate of drug-likeness (QED) is 0.812. The van der Waals surface area contributed by atoms with Crippen molar-refractivity contribution in [1.82, 2.24) is 15.2 Å². The second kappa shape index (κ2) is 5.14. The molecular formula is C12H17N3O2. The maximum atomic E-state index is 12.2. The molecule has 1 N–H and O–H groups in total. The third-order valence-electron chi connectivity index (χ3n) is 2.81. The highest BCUT2D eigenvalue weighted by molar-refractivity contribution is 5.92. The number of carbonyl (C=O) groups is 1. The summed E-state index contributed by atoms with van der Waals surface area (Å²) < 4.78 is 5.02. The number of methoxy groups -OCH3 is 1. The van der Waals surface area contributed by atoms with Gasteiger partial charge in [-0.3, -0.25) is 4.79 Å². The van der Waals surface area contributed by atoms with Gasteiger partial charge in [0.05, 0.1) is 7.11 Å². The van der Waals surface area contributed by atoms with Crippen LogP contribution in [0.4, 0.5) is 0 Å². The number of carbonyl (C=O) groups excluding carboxylic acids is 1. The van der Waals surface area contributed by atoms with Crippen molar-refractivity contribution < 1.29 is 9.53 Å². The van der Waals surface area contributed by atoms with E-state index < -0.39 is 0 Å². The Hall–Kier alpha value is -1.62. The summed E-state index contributed by atoms with van der Waals surface area (Å²) in [7, 11) is 1.55. The minimum absolute atomic E-state index is 0.0303. The molecule has 5 heteroatoms. The van der Waals surface area contributed by atoms with Gasteiger partial charge >= 0.3 is 0 Å². The lowest BCUT2D eigenvalue weighted by atomic mass is 10.2. The van der Waals surface area contributed by atoms with E-state index >= 15 is 0 Å². The Morgan fingerprint density at radius 3 is 3.12 bits per heavy atom. The largest absolute Gasteiger partial charge is 0.481 e. The zero-order chi connectivity index (χ0) is 12.3. The first-order valence-electron chi connectivity index (χ1n) is 5.74. The minimum atomic E-state index is -0.0303. The highest BCUT2D eigenvalue weighted by Gasteiger charge is 2.22. The fourth-order valence-electron chi connectivity index (χ4n) is 1.93. The van der Waals surface area contributed by atoms with Crippen LogP contribution in [0.3, 0.4) is 0 Å². The van der Waals surface area contributed by atoms with Crippen LogP contribution in [0.5, 0.6) is 5.88 Å². The van der Waals surface area contributed by atoms with Crippen molar-refractivity contribution >= 4 is 5.91 Å². The molecular weight excluding hydrogens is 218 g/mol. The average molecular weight is 235 g/mol. The van der Waals surface area contributed by atoms with Gasteiger partial charge in [0, 0.05) is 31.7 Å². The van der Waals surface area contributed by atoms with Gasteiger partial charge in [-0.1, -0.05) is 6.07 Å². The van der Waals surface area contributed by atoms with E-state index in [1.807, 2.05) is 4.90 Å². The highest BCUT2D eigenvalue weighted by atomic mass is 16.5. The third kappa shape index (κ3) is 2.74. The van der Waals surface area contributed by atoms with Gasteiger partial charge < -0.3 is 15.0 Å². The summed E-state index contributed by atoms with van der Waals surface area (Å²) >= 11 is 0. The molecule has 2 heterocycles. The summed E-state index contributed by atoms with van der Waals surface area (Å²) in [6.07, 6.45) is 0. The van der Waals surface area contributed by atoms with E-state index in [2.05, 4.69) is 17.2 Å². The predicted molar refractivity (Wildman–Crippen MR) is 64.2 cm³/mol. The Morgan fingerprint density at radius 1 is 1.59 bits per heavy atom. The maximum absolute atomic E-state index is 12.2. The molecule has 1 aliphatic heterocycles. The molecule has 1 aromatic rings. The molecule has 0 aromatic carbocycles. The van der Waals surface area contributed by atoms with E-state index in [1.165, 1.54) is 0 Å². The first-order chi connectivity index (χ1) is 8.20. The Balaban J connectivity index is 2.12. The molecule has 0 bridgehead atoms. The lowest BCUT2D eigenvalue weighted by molar-refractivity contribution is 0.0702. The number of nitrogens with zero attached hydrogens (tertiary/aromatic N) is 2. The van der Waals surface area contributed by atoms with Crippen LogP contribution in [0.15, 0.2) is 18.2 Å². The molecule has 0 spiro atoms. The molecule has 1 fully saturated rings. The van der Waals surface area contributed by atoms with Crippen molar-refractivity contribution in [1.29, 1.82) is 0 Å². The van der Waals surface area contributed by atoms with Crippen molar-refractivity contribution in [2.24, 2.45) is 0 Å². The van der Waals surface area contributed by atoms with Crippen LogP contribution in [0.2, 0.25) is 0 Å². The second-order valence-corrected chi connectivity index (χ2v) is 4.17.